The van der Waals surface area contributed by atoms with E-state index in [9.17, 15) is 0 Å². The number of hydrogen-bond donors (Lipinski definition) is 0. The van der Waals surface area contributed by atoms with E-state index >= 15 is 0 Å². The van der Waals surface area contributed by atoms with Crippen LogP contribution in [0, 0.1) is 0 Å². The summed E-state index contributed by atoms with van der Waals surface area (Å²) in [5.41, 5.74) is 11.4. The maximum absolute atomic E-state index is 6.61. The van der Waals surface area contributed by atoms with E-state index in [-0.39, 0.29) is 5.41 Å². The number of fused-ring (bicyclic) bond motifs is 12. The van der Waals surface area contributed by atoms with Gasteiger partial charge in [-0.05, 0) is 68.7 Å². The van der Waals surface area contributed by atoms with E-state index in [1.807, 2.05) is 18.2 Å². The molecule has 0 radical (unpaired) electrons. The molecule has 0 bridgehead atoms. The Balaban J connectivity index is 1.28. The fourth-order valence-electron chi connectivity index (χ4n) is 8.41. The Bertz CT molecular complexity index is 3030. The summed E-state index contributed by atoms with van der Waals surface area (Å²) in [5, 5.41) is 8.07. The van der Waals surface area contributed by atoms with Gasteiger partial charge in [0.1, 0.15) is 16.8 Å². The van der Waals surface area contributed by atoms with Crippen molar-refractivity contribution >= 4 is 65.4 Å². The molecule has 0 aliphatic heterocycles. The molecule has 4 nitrogen and oxygen atoms in total. The number of benzene rings is 7. The van der Waals surface area contributed by atoms with E-state index in [0.717, 1.165) is 38.8 Å². The third-order valence-corrected chi connectivity index (χ3v) is 10.8. The summed E-state index contributed by atoms with van der Waals surface area (Å²) < 4.78 is 8.88. The van der Waals surface area contributed by atoms with Gasteiger partial charge in [0.05, 0.1) is 11.0 Å². The normalized spacial score (nSPS) is 13.7. The molecule has 0 atom stereocenters. The number of aromatic nitrogens is 3. The van der Waals surface area contributed by atoms with Gasteiger partial charge in [0.15, 0.2) is 5.58 Å². The molecule has 0 spiro atoms. The fourth-order valence-corrected chi connectivity index (χ4v) is 8.41. The molecule has 0 N–H and O–H groups in total. The zero-order valence-electron chi connectivity index (χ0n) is 27.0. The predicted molar refractivity (Wildman–Crippen MR) is 202 cm³/mol. The zero-order chi connectivity index (χ0) is 32.4. The molecular weight excluding hydrogens is 599 g/mol. The second kappa shape index (κ2) is 9.42. The van der Waals surface area contributed by atoms with Crippen LogP contribution >= 0.6 is 0 Å². The first-order valence-electron chi connectivity index (χ1n) is 16.8. The quantitative estimate of drug-likeness (QED) is 0.192. The van der Waals surface area contributed by atoms with Crippen LogP contribution in [0.1, 0.15) is 25.0 Å². The molecule has 1 aliphatic carbocycles. The number of hydrogen-bond acceptors (Lipinski definition) is 3. The van der Waals surface area contributed by atoms with Crippen molar-refractivity contribution in [1.29, 1.82) is 0 Å². The van der Waals surface area contributed by atoms with E-state index < -0.39 is 0 Å². The van der Waals surface area contributed by atoms with Gasteiger partial charge in [0.25, 0.3) is 0 Å². The first-order valence-corrected chi connectivity index (χ1v) is 16.8. The van der Waals surface area contributed by atoms with E-state index in [1.54, 1.807) is 0 Å². The van der Waals surface area contributed by atoms with Crippen LogP contribution in [0.5, 0.6) is 0 Å². The van der Waals surface area contributed by atoms with Crippen molar-refractivity contribution in [3.8, 4) is 28.3 Å². The highest BCUT2D eigenvalue weighted by atomic mass is 16.3. The zero-order valence-corrected chi connectivity index (χ0v) is 27.0. The summed E-state index contributed by atoms with van der Waals surface area (Å²) >= 11 is 0. The summed E-state index contributed by atoms with van der Waals surface area (Å²) in [7, 11) is 0. The minimum Gasteiger partial charge on any atom is -0.452 e. The number of nitrogens with zero attached hydrogens (tertiary/aromatic N) is 3. The highest BCUT2D eigenvalue weighted by Gasteiger charge is 2.35. The van der Waals surface area contributed by atoms with E-state index in [2.05, 4.69) is 140 Å². The third-order valence-electron chi connectivity index (χ3n) is 10.8. The van der Waals surface area contributed by atoms with Gasteiger partial charge in [-0.1, -0.05) is 123 Å². The summed E-state index contributed by atoms with van der Waals surface area (Å²) in [6.07, 6.45) is 0. The maximum Gasteiger partial charge on any atom is 0.236 e. The van der Waals surface area contributed by atoms with E-state index in [0.29, 0.717) is 11.5 Å². The van der Waals surface area contributed by atoms with Crippen molar-refractivity contribution < 1.29 is 4.42 Å². The summed E-state index contributed by atoms with van der Waals surface area (Å²) in [6, 6.07) is 50.0. The highest BCUT2D eigenvalue weighted by molar-refractivity contribution is 6.20. The molecule has 11 rings (SSSR count). The molecular formula is C45H29N3O. The van der Waals surface area contributed by atoms with Crippen molar-refractivity contribution in [2.24, 2.45) is 0 Å². The van der Waals surface area contributed by atoms with Gasteiger partial charge in [-0.2, -0.15) is 0 Å². The summed E-state index contributed by atoms with van der Waals surface area (Å²) in [5.74, 6) is 0.627. The van der Waals surface area contributed by atoms with Crippen LogP contribution in [-0.2, 0) is 5.41 Å². The Labute approximate surface area is 281 Å². The third kappa shape index (κ3) is 3.58. The Hall–Kier alpha value is -6.26. The Morgan fingerprint density at radius 1 is 0.551 bits per heavy atom. The van der Waals surface area contributed by atoms with Gasteiger partial charge in [0, 0.05) is 32.5 Å². The Morgan fingerprint density at radius 3 is 2.14 bits per heavy atom. The molecule has 0 unspecified atom stereocenters. The molecule has 0 saturated carbocycles. The van der Waals surface area contributed by atoms with Crippen molar-refractivity contribution in [1.82, 2.24) is 14.5 Å². The van der Waals surface area contributed by atoms with Crippen LogP contribution in [0.15, 0.2) is 144 Å². The van der Waals surface area contributed by atoms with Gasteiger partial charge < -0.3 is 4.42 Å². The second-order valence-electron chi connectivity index (χ2n) is 13.8. The van der Waals surface area contributed by atoms with Crippen LogP contribution in [0.2, 0.25) is 0 Å². The van der Waals surface area contributed by atoms with Crippen LogP contribution in [0.25, 0.3) is 93.8 Å². The topological polar surface area (TPSA) is 43.9 Å². The van der Waals surface area contributed by atoms with E-state index in [1.165, 1.54) is 54.6 Å². The first-order chi connectivity index (χ1) is 24.0. The van der Waals surface area contributed by atoms with Crippen molar-refractivity contribution in [2.45, 2.75) is 19.3 Å². The number of para-hydroxylation sites is 1. The highest BCUT2D eigenvalue weighted by Crippen LogP contribution is 2.50. The first kappa shape index (κ1) is 26.8. The minimum absolute atomic E-state index is 0.0806. The molecule has 4 heteroatoms. The van der Waals surface area contributed by atoms with Crippen molar-refractivity contribution in [3.63, 3.8) is 0 Å². The molecule has 1 aliphatic rings. The van der Waals surface area contributed by atoms with Crippen LogP contribution in [0.3, 0.4) is 0 Å². The SMILES string of the molecule is CC1(C)c2ccccc2-c2cc(-c3nc(-n4c5cc6ccccc6cc5c5ccc6ccccc6c54)nc4c3oc3ccccc34)ccc21. The number of furan rings is 1. The molecule has 3 aromatic heterocycles. The average molecular weight is 628 g/mol. The molecule has 0 saturated heterocycles. The Kier molecular flexibility index (Phi) is 5.15. The molecule has 10 aromatic rings. The van der Waals surface area contributed by atoms with Crippen molar-refractivity contribution in [3.05, 3.63) is 151 Å². The lowest BCUT2D eigenvalue weighted by molar-refractivity contribution is 0.660. The monoisotopic (exact) mass is 627 g/mol. The Morgan fingerprint density at radius 2 is 1.27 bits per heavy atom. The molecule has 0 fully saturated rings. The lowest BCUT2D eigenvalue weighted by Crippen LogP contribution is -2.14. The fraction of sp³-hybridized carbons (Fsp3) is 0.0667. The molecule has 7 aromatic carbocycles. The smallest absolute Gasteiger partial charge is 0.236 e. The van der Waals surface area contributed by atoms with Gasteiger partial charge >= 0.3 is 0 Å². The van der Waals surface area contributed by atoms with E-state index in [4.69, 9.17) is 14.4 Å². The summed E-state index contributed by atoms with van der Waals surface area (Å²) in [4.78, 5) is 10.8. The maximum atomic E-state index is 6.61. The molecule has 230 valence electrons. The molecule has 0 amide bonds. The second-order valence-corrected chi connectivity index (χ2v) is 13.8. The minimum atomic E-state index is -0.0806. The lowest BCUT2D eigenvalue weighted by Gasteiger charge is -2.21. The van der Waals surface area contributed by atoms with Crippen molar-refractivity contribution in [2.75, 3.05) is 0 Å². The standard InChI is InChI=1S/C45H29N3O/c1-45(2)36-17-9-7-15-31(36)34-24-29(20-22-37(34)45)40-43-41(33-16-8-10-18-39(33)49-43)47-44(46-40)48-38-25-28-13-4-3-12-27(28)23-35(38)32-21-19-26-11-5-6-14-30(26)42(32)48/h3-25H,1-2H3. The van der Waals surface area contributed by atoms with Crippen LogP contribution in [0.4, 0.5) is 0 Å². The van der Waals surface area contributed by atoms with Gasteiger partial charge in [-0.15, -0.1) is 0 Å². The van der Waals surface area contributed by atoms with Gasteiger partial charge in [-0.25, -0.2) is 9.97 Å². The largest absolute Gasteiger partial charge is 0.452 e. The number of rotatable bonds is 2. The van der Waals surface area contributed by atoms with Crippen LogP contribution < -0.4 is 0 Å². The summed E-state index contributed by atoms with van der Waals surface area (Å²) in [6.45, 7) is 4.63. The average Bonchev–Trinajstić information content (AvgIpc) is 3.75. The lowest BCUT2D eigenvalue weighted by atomic mass is 9.82. The van der Waals surface area contributed by atoms with Gasteiger partial charge in [-0.3, -0.25) is 4.57 Å². The van der Waals surface area contributed by atoms with Gasteiger partial charge in [0.2, 0.25) is 5.95 Å². The predicted octanol–water partition coefficient (Wildman–Crippen LogP) is 11.8. The molecule has 3 heterocycles. The van der Waals surface area contributed by atoms with Crippen LogP contribution in [-0.4, -0.2) is 14.5 Å². The molecule has 49 heavy (non-hydrogen) atoms.